The van der Waals surface area contributed by atoms with Crippen LogP contribution in [0, 0.1) is 6.92 Å². The number of nitrogens with one attached hydrogen (secondary N) is 2. The van der Waals surface area contributed by atoms with Gasteiger partial charge < -0.3 is 5.32 Å². The number of alkyl halides is 3. The van der Waals surface area contributed by atoms with Crippen LogP contribution in [0.1, 0.15) is 25.0 Å². The SMILES string of the molecule is Cc1c(C(F)(F)F)cccc1S(=O)(=O)NCCNC(C)C. The highest BCUT2D eigenvalue weighted by atomic mass is 32.2. The molecular weight excluding hydrogens is 305 g/mol. The number of halogens is 3. The van der Waals surface area contributed by atoms with Crippen molar-refractivity contribution in [2.45, 2.75) is 37.9 Å². The van der Waals surface area contributed by atoms with Crippen LogP contribution in [0.3, 0.4) is 0 Å². The van der Waals surface area contributed by atoms with Gasteiger partial charge in [0.15, 0.2) is 0 Å². The summed E-state index contributed by atoms with van der Waals surface area (Å²) in [5, 5.41) is 3.01. The summed E-state index contributed by atoms with van der Waals surface area (Å²) in [6, 6.07) is 3.33. The Kier molecular flexibility index (Phi) is 5.77. The molecule has 21 heavy (non-hydrogen) atoms. The molecule has 120 valence electrons. The molecule has 0 saturated carbocycles. The van der Waals surface area contributed by atoms with E-state index in [-0.39, 0.29) is 23.0 Å². The van der Waals surface area contributed by atoms with Crippen LogP contribution in [0.25, 0.3) is 0 Å². The van der Waals surface area contributed by atoms with E-state index in [1.54, 1.807) is 0 Å². The molecule has 8 heteroatoms. The minimum absolute atomic E-state index is 0.107. The van der Waals surface area contributed by atoms with Gasteiger partial charge in [0.1, 0.15) is 0 Å². The number of hydrogen-bond acceptors (Lipinski definition) is 3. The first-order valence-corrected chi connectivity index (χ1v) is 7.94. The van der Waals surface area contributed by atoms with Gasteiger partial charge in [0, 0.05) is 19.1 Å². The van der Waals surface area contributed by atoms with Gasteiger partial charge in [-0.3, -0.25) is 0 Å². The Bertz CT molecular complexity index is 584. The molecule has 1 aromatic carbocycles. The summed E-state index contributed by atoms with van der Waals surface area (Å²) in [4.78, 5) is -0.345. The fraction of sp³-hybridized carbons (Fsp3) is 0.538. The van der Waals surface area contributed by atoms with Gasteiger partial charge in [-0.05, 0) is 24.6 Å². The average Bonchev–Trinajstić information content (AvgIpc) is 2.33. The smallest absolute Gasteiger partial charge is 0.313 e. The molecule has 0 radical (unpaired) electrons. The van der Waals surface area contributed by atoms with Crippen molar-refractivity contribution in [3.63, 3.8) is 0 Å². The summed E-state index contributed by atoms with van der Waals surface area (Å²) >= 11 is 0. The lowest BCUT2D eigenvalue weighted by Gasteiger charge is -2.15. The summed E-state index contributed by atoms with van der Waals surface area (Å²) in [6.45, 7) is 5.48. The first-order valence-electron chi connectivity index (χ1n) is 6.45. The van der Waals surface area contributed by atoms with Crippen LogP contribution >= 0.6 is 0 Å². The maximum absolute atomic E-state index is 12.8. The summed E-state index contributed by atoms with van der Waals surface area (Å²) < 4.78 is 64.8. The average molecular weight is 324 g/mol. The van der Waals surface area contributed by atoms with Crippen LogP contribution in [0.5, 0.6) is 0 Å². The normalized spacial score (nSPS) is 12.9. The third kappa shape index (κ3) is 4.98. The second-order valence-corrected chi connectivity index (χ2v) is 6.67. The standard InChI is InChI=1S/C13H19F3N2O2S/c1-9(2)17-7-8-18-21(19,20)12-6-4-5-11(10(12)3)13(14,15)16/h4-6,9,17-18H,7-8H2,1-3H3. The molecular formula is C13H19F3N2O2S. The van der Waals surface area contributed by atoms with Crippen LogP contribution < -0.4 is 10.0 Å². The van der Waals surface area contributed by atoms with Crippen molar-refractivity contribution < 1.29 is 21.6 Å². The molecule has 2 N–H and O–H groups in total. The minimum atomic E-state index is -4.57. The topological polar surface area (TPSA) is 58.2 Å². The molecule has 0 fully saturated rings. The fourth-order valence-electron chi connectivity index (χ4n) is 1.84. The highest BCUT2D eigenvalue weighted by molar-refractivity contribution is 7.89. The zero-order valence-corrected chi connectivity index (χ0v) is 12.9. The van der Waals surface area contributed by atoms with Gasteiger partial charge in [0.25, 0.3) is 0 Å². The predicted octanol–water partition coefficient (Wildman–Crippen LogP) is 2.29. The number of rotatable bonds is 6. The summed E-state index contributed by atoms with van der Waals surface area (Å²) in [7, 11) is -3.96. The van der Waals surface area contributed by atoms with Gasteiger partial charge in [-0.25, -0.2) is 13.1 Å². The first kappa shape index (κ1) is 17.9. The number of sulfonamides is 1. The third-order valence-electron chi connectivity index (χ3n) is 2.85. The van der Waals surface area contributed by atoms with E-state index >= 15 is 0 Å². The van der Waals surface area contributed by atoms with Crippen molar-refractivity contribution >= 4 is 10.0 Å². The second kappa shape index (κ2) is 6.76. The molecule has 0 atom stereocenters. The van der Waals surface area contributed by atoms with E-state index in [1.807, 2.05) is 13.8 Å². The van der Waals surface area contributed by atoms with E-state index in [2.05, 4.69) is 10.0 Å². The second-order valence-electron chi connectivity index (χ2n) is 4.93. The molecule has 4 nitrogen and oxygen atoms in total. The van der Waals surface area contributed by atoms with Gasteiger partial charge in [0.05, 0.1) is 10.5 Å². The number of hydrogen-bond donors (Lipinski definition) is 2. The molecule has 0 aliphatic carbocycles. The van der Waals surface area contributed by atoms with Crippen molar-refractivity contribution in [3.05, 3.63) is 29.3 Å². The first-order chi connectivity index (χ1) is 9.55. The Morgan fingerprint density at radius 2 is 1.81 bits per heavy atom. The maximum Gasteiger partial charge on any atom is 0.416 e. The molecule has 0 spiro atoms. The Hall–Kier alpha value is -1.12. The van der Waals surface area contributed by atoms with Gasteiger partial charge in [-0.15, -0.1) is 0 Å². The largest absolute Gasteiger partial charge is 0.416 e. The molecule has 0 bridgehead atoms. The Morgan fingerprint density at radius 1 is 1.19 bits per heavy atom. The molecule has 0 aliphatic rings. The van der Waals surface area contributed by atoms with E-state index in [4.69, 9.17) is 0 Å². The lowest BCUT2D eigenvalue weighted by Crippen LogP contribution is -2.35. The number of benzene rings is 1. The van der Waals surface area contributed by atoms with Gasteiger partial charge >= 0.3 is 6.18 Å². The van der Waals surface area contributed by atoms with E-state index in [9.17, 15) is 21.6 Å². The van der Waals surface area contributed by atoms with Crippen LogP contribution in [0.4, 0.5) is 13.2 Å². The van der Waals surface area contributed by atoms with Gasteiger partial charge in [-0.2, -0.15) is 13.2 Å². The van der Waals surface area contributed by atoms with Gasteiger partial charge in [-0.1, -0.05) is 19.9 Å². The Balaban J connectivity index is 2.94. The molecule has 0 amide bonds. The van der Waals surface area contributed by atoms with Crippen LogP contribution in [-0.4, -0.2) is 27.5 Å². The summed E-state index contributed by atoms with van der Waals surface area (Å²) in [5.74, 6) is 0. The summed E-state index contributed by atoms with van der Waals surface area (Å²) in [6.07, 6.45) is -4.57. The van der Waals surface area contributed by atoms with Crippen molar-refractivity contribution in [1.82, 2.24) is 10.0 Å². The summed E-state index contributed by atoms with van der Waals surface area (Å²) in [5.41, 5.74) is -1.24. The van der Waals surface area contributed by atoms with Crippen molar-refractivity contribution in [2.24, 2.45) is 0 Å². The predicted molar refractivity (Wildman–Crippen MR) is 74.5 cm³/mol. The Morgan fingerprint density at radius 3 is 2.33 bits per heavy atom. The fourth-order valence-corrected chi connectivity index (χ4v) is 3.13. The highest BCUT2D eigenvalue weighted by Gasteiger charge is 2.34. The minimum Gasteiger partial charge on any atom is -0.313 e. The lowest BCUT2D eigenvalue weighted by molar-refractivity contribution is -0.138. The quantitative estimate of drug-likeness (QED) is 0.790. The zero-order valence-electron chi connectivity index (χ0n) is 12.1. The molecule has 0 heterocycles. The zero-order chi connectivity index (χ0) is 16.3. The monoisotopic (exact) mass is 324 g/mol. The van der Waals surface area contributed by atoms with Crippen molar-refractivity contribution in [3.8, 4) is 0 Å². The molecule has 1 aromatic rings. The van der Waals surface area contributed by atoms with Crippen LogP contribution in [0.15, 0.2) is 23.1 Å². The van der Waals surface area contributed by atoms with E-state index in [0.717, 1.165) is 19.1 Å². The molecule has 1 rings (SSSR count). The van der Waals surface area contributed by atoms with E-state index < -0.39 is 21.8 Å². The lowest BCUT2D eigenvalue weighted by atomic mass is 10.1. The highest BCUT2D eigenvalue weighted by Crippen LogP contribution is 2.33. The molecule has 0 saturated heterocycles. The molecule has 0 aromatic heterocycles. The van der Waals surface area contributed by atoms with E-state index in [0.29, 0.717) is 6.54 Å². The van der Waals surface area contributed by atoms with Crippen LogP contribution in [-0.2, 0) is 16.2 Å². The maximum atomic E-state index is 12.8. The molecule has 0 aliphatic heterocycles. The Labute approximate surface area is 122 Å². The van der Waals surface area contributed by atoms with E-state index in [1.165, 1.54) is 6.07 Å². The van der Waals surface area contributed by atoms with Crippen LogP contribution in [0.2, 0.25) is 0 Å². The van der Waals surface area contributed by atoms with Crippen molar-refractivity contribution in [2.75, 3.05) is 13.1 Å². The molecule has 0 unspecified atom stereocenters. The van der Waals surface area contributed by atoms with Gasteiger partial charge in [0.2, 0.25) is 10.0 Å². The van der Waals surface area contributed by atoms with Crippen molar-refractivity contribution in [1.29, 1.82) is 0 Å². The third-order valence-corrected chi connectivity index (χ3v) is 4.45.